The SMILES string of the molecule is CNC(=O)c1cc(C(=O)NC2CCC2)cn(Cc2cc(C)ccc2C)c1=O. The molecule has 0 spiro atoms. The number of aromatic nitrogens is 1. The van der Waals surface area contributed by atoms with Crippen LogP contribution in [0.2, 0.25) is 0 Å². The molecule has 0 radical (unpaired) electrons. The maximum Gasteiger partial charge on any atom is 0.263 e. The number of nitrogens with zero attached hydrogens (tertiary/aromatic N) is 1. The number of amides is 2. The van der Waals surface area contributed by atoms with Crippen molar-refractivity contribution in [3.63, 3.8) is 0 Å². The first-order valence-corrected chi connectivity index (χ1v) is 9.22. The Morgan fingerprint density at radius 2 is 1.89 bits per heavy atom. The second kappa shape index (κ2) is 7.78. The predicted octanol–water partition coefficient (Wildman–Crippen LogP) is 2.16. The number of carbonyl (C=O) groups is 2. The molecule has 142 valence electrons. The smallest absolute Gasteiger partial charge is 0.263 e. The van der Waals surface area contributed by atoms with Crippen molar-refractivity contribution in [2.24, 2.45) is 0 Å². The van der Waals surface area contributed by atoms with E-state index < -0.39 is 11.5 Å². The molecule has 6 nitrogen and oxygen atoms in total. The Balaban J connectivity index is 2.01. The van der Waals surface area contributed by atoms with Crippen molar-refractivity contribution < 1.29 is 9.59 Å². The molecular weight excluding hydrogens is 342 g/mol. The lowest BCUT2D eigenvalue weighted by Crippen LogP contribution is -2.40. The number of benzene rings is 1. The third-order valence-electron chi connectivity index (χ3n) is 5.11. The summed E-state index contributed by atoms with van der Waals surface area (Å²) >= 11 is 0. The van der Waals surface area contributed by atoms with Crippen LogP contribution in [0.4, 0.5) is 0 Å². The Labute approximate surface area is 158 Å². The molecule has 0 aliphatic heterocycles. The minimum Gasteiger partial charge on any atom is -0.355 e. The van der Waals surface area contributed by atoms with Crippen LogP contribution in [0.5, 0.6) is 0 Å². The Hall–Kier alpha value is -2.89. The Bertz CT molecular complexity index is 942. The predicted molar refractivity (Wildman–Crippen MR) is 104 cm³/mol. The highest BCUT2D eigenvalue weighted by molar-refractivity contribution is 5.99. The molecule has 1 aliphatic carbocycles. The summed E-state index contributed by atoms with van der Waals surface area (Å²) in [5, 5.41) is 5.44. The Kier molecular flexibility index (Phi) is 5.44. The molecule has 0 bridgehead atoms. The summed E-state index contributed by atoms with van der Waals surface area (Å²) in [4.78, 5) is 37.6. The van der Waals surface area contributed by atoms with Crippen LogP contribution in [-0.4, -0.2) is 29.5 Å². The number of hydrogen-bond donors (Lipinski definition) is 2. The van der Waals surface area contributed by atoms with Crippen LogP contribution >= 0.6 is 0 Å². The molecule has 0 saturated heterocycles. The van der Waals surface area contributed by atoms with E-state index >= 15 is 0 Å². The van der Waals surface area contributed by atoms with Crippen molar-refractivity contribution in [3.8, 4) is 0 Å². The number of aryl methyl sites for hydroxylation is 2. The van der Waals surface area contributed by atoms with E-state index in [0.717, 1.165) is 36.0 Å². The zero-order chi connectivity index (χ0) is 19.6. The second-order valence-electron chi connectivity index (χ2n) is 7.19. The summed E-state index contributed by atoms with van der Waals surface area (Å²) in [5.41, 5.74) is 3.02. The zero-order valence-corrected chi connectivity index (χ0v) is 16.0. The molecule has 1 saturated carbocycles. The van der Waals surface area contributed by atoms with Gasteiger partial charge in [0.25, 0.3) is 17.4 Å². The minimum atomic E-state index is -0.493. The van der Waals surface area contributed by atoms with Gasteiger partial charge in [0.2, 0.25) is 0 Å². The number of nitrogens with one attached hydrogen (secondary N) is 2. The molecule has 2 amide bonds. The second-order valence-corrected chi connectivity index (χ2v) is 7.19. The van der Waals surface area contributed by atoms with E-state index in [2.05, 4.69) is 10.6 Å². The quantitative estimate of drug-likeness (QED) is 0.850. The lowest BCUT2D eigenvalue weighted by atomic mass is 9.93. The number of hydrogen-bond acceptors (Lipinski definition) is 3. The van der Waals surface area contributed by atoms with Gasteiger partial charge < -0.3 is 15.2 Å². The third kappa shape index (κ3) is 4.10. The third-order valence-corrected chi connectivity index (χ3v) is 5.11. The van der Waals surface area contributed by atoms with Crippen molar-refractivity contribution in [3.05, 3.63) is 68.6 Å². The average Bonchev–Trinajstić information content (AvgIpc) is 2.62. The van der Waals surface area contributed by atoms with Crippen LogP contribution in [0, 0.1) is 13.8 Å². The molecular formula is C21H25N3O3. The molecule has 6 heteroatoms. The molecule has 2 aromatic rings. The first-order chi connectivity index (χ1) is 12.9. The fraction of sp³-hybridized carbons (Fsp3) is 0.381. The summed E-state index contributed by atoms with van der Waals surface area (Å²) in [7, 11) is 1.47. The molecule has 0 atom stereocenters. The van der Waals surface area contributed by atoms with Crippen LogP contribution in [0.15, 0.2) is 35.3 Å². The largest absolute Gasteiger partial charge is 0.355 e. The molecule has 1 heterocycles. The van der Waals surface area contributed by atoms with Crippen molar-refractivity contribution >= 4 is 11.8 Å². The van der Waals surface area contributed by atoms with E-state index in [1.807, 2.05) is 32.0 Å². The fourth-order valence-corrected chi connectivity index (χ4v) is 3.15. The van der Waals surface area contributed by atoms with Crippen molar-refractivity contribution in [2.75, 3.05) is 7.05 Å². The lowest BCUT2D eigenvalue weighted by Gasteiger charge is -2.26. The van der Waals surface area contributed by atoms with Gasteiger partial charge in [0.05, 0.1) is 12.1 Å². The standard InChI is InChI=1S/C21H25N3O3/c1-13-7-8-14(2)15(9-13)11-24-12-16(19(25)23-17-5-4-6-17)10-18(21(24)27)20(26)22-3/h7-10,12,17H,4-6,11H2,1-3H3,(H,22,26)(H,23,25). The molecule has 3 rings (SSSR count). The van der Waals surface area contributed by atoms with E-state index in [-0.39, 0.29) is 17.5 Å². The molecule has 1 aliphatic rings. The Morgan fingerprint density at radius 1 is 1.15 bits per heavy atom. The van der Waals surface area contributed by atoms with Gasteiger partial charge in [0, 0.05) is 19.3 Å². The molecule has 27 heavy (non-hydrogen) atoms. The minimum absolute atomic E-state index is 0.0240. The van der Waals surface area contributed by atoms with E-state index in [4.69, 9.17) is 0 Å². The Morgan fingerprint density at radius 3 is 2.52 bits per heavy atom. The summed E-state index contributed by atoms with van der Waals surface area (Å²) in [5.74, 6) is -0.743. The van der Waals surface area contributed by atoms with E-state index in [1.165, 1.54) is 17.7 Å². The fourth-order valence-electron chi connectivity index (χ4n) is 3.15. The van der Waals surface area contributed by atoms with Crippen LogP contribution in [0.3, 0.4) is 0 Å². The molecule has 2 N–H and O–H groups in total. The van der Waals surface area contributed by atoms with Gasteiger partial charge in [-0.3, -0.25) is 14.4 Å². The molecule has 1 fully saturated rings. The normalized spacial score (nSPS) is 13.7. The van der Waals surface area contributed by atoms with E-state index in [1.54, 1.807) is 6.20 Å². The van der Waals surface area contributed by atoms with Crippen molar-refractivity contribution in [2.45, 2.75) is 45.7 Å². The van der Waals surface area contributed by atoms with Gasteiger partial charge in [-0.15, -0.1) is 0 Å². The number of carbonyl (C=O) groups excluding carboxylic acids is 2. The maximum absolute atomic E-state index is 12.8. The molecule has 0 unspecified atom stereocenters. The molecule has 1 aromatic heterocycles. The monoisotopic (exact) mass is 367 g/mol. The average molecular weight is 367 g/mol. The zero-order valence-electron chi connectivity index (χ0n) is 16.0. The van der Waals surface area contributed by atoms with Gasteiger partial charge in [-0.1, -0.05) is 23.8 Å². The highest BCUT2D eigenvalue weighted by atomic mass is 16.2. The number of rotatable bonds is 5. The van der Waals surface area contributed by atoms with Crippen LogP contribution in [0.25, 0.3) is 0 Å². The van der Waals surface area contributed by atoms with Crippen molar-refractivity contribution in [1.82, 2.24) is 15.2 Å². The summed E-state index contributed by atoms with van der Waals surface area (Å²) < 4.78 is 1.45. The summed E-state index contributed by atoms with van der Waals surface area (Å²) in [6.45, 7) is 4.28. The first kappa shape index (κ1) is 18.9. The van der Waals surface area contributed by atoms with E-state index in [0.29, 0.717) is 12.1 Å². The van der Waals surface area contributed by atoms with Crippen LogP contribution < -0.4 is 16.2 Å². The maximum atomic E-state index is 12.8. The number of pyridine rings is 1. The lowest BCUT2D eigenvalue weighted by molar-refractivity contribution is 0.0916. The van der Waals surface area contributed by atoms with Gasteiger partial charge in [-0.2, -0.15) is 0 Å². The van der Waals surface area contributed by atoms with Gasteiger partial charge >= 0.3 is 0 Å². The first-order valence-electron chi connectivity index (χ1n) is 9.22. The molecule has 1 aromatic carbocycles. The highest BCUT2D eigenvalue weighted by Gasteiger charge is 2.22. The van der Waals surface area contributed by atoms with Crippen molar-refractivity contribution in [1.29, 1.82) is 0 Å². The van der Waals surface area contributed by atoms with Gasteiger partial charge in [0.15, 0.2) is 0 Å². The van der Waals surface area contributed by atoms with Gasteiger partial charge in [-0.25, -0.2) is 0 Å². The summed E-state index contributed by atoms with van der Waals surface area (Å²) in [6, 6.07) is 7.60. The van der Waals surface area contributed by atoms with Crippen LogP contribution in [-0.2, 0) is 6.54 Å². The van der Waals surface area contributed by atoms with Gasteiger partial charge in [0.1, 0.15) is 5.56 Å². The van der Waals surface area contributed by atoms with Gasteiger partial charge in [-0.05, 0) is 50.3 Å². The van der Waals surface area contributed by atoms with E-state index in [9.17, 15) is 14.4 Å². The highest BCUT2D eigenvalue weighted by Crippen LogP contribution is 2.19. The van der Waals surface area contributed by atoms with Crippen LogP contribution in [0.1, 0.15) is 56.7 Å². The topological polar surface area (TPSA) is 80.2 Å². The summed E-state index contributed by atoms with van der Waals surface area (Å²) in [6.07, 6.45) is 4.59.